The Morgan fingerprint density at radius 1 is 1.38 bits per heavy atom. The summed E-state index contributed by atoms with van der Waals surface area (Å²) in [4.78, 5) is 2.70. The van der Waals surface area contributed by atoms with Crippen LogP contribution in [0.1, 0.15) is 33.1 Å². The van der Waals surface area contributed by atoms with Gasteiger partial charge in [0.1, 0.15) is 0 Å². The Kier molecular flexibility index (Phi) is 3.20. The highest BCUT2D eigenvalue weighted by Gasteiger charge is 2.41. The first-order valence-corrected chi connectivity index (χ1v) is 6.77. The van der Waals surface area contributed by atoms with Crippen molar-refractivity contribution in [2.45, 2.75) is 44.4 Å². The fourth-order valence-corrected chi connectivity index (χ4v) is 4.67. The Labute approximate surface area is 86.3 Å². The SMILES string of the molecule is CCC1C2SCCCC2CN1CC. The smallest absolute Gasteiger partial charge is 0.0243 e. The highest BCUT2D eigenvalue weighted by Crippen LogP contribution is 2.41. The first-order chi connectivity index (χ1) is 6.36. The molecule has 0 aliphatic carbocycles. The lowest BCUT2D eigenvalue weighted by Gasteiger charge is -2.28. The molecule has 0 N–H and O–H groups in total. The second kappa shape index (κ2) is 4.22. The third-order valence-electron chi connectivity index (χ3n) is 3.64. The van der Waals surface area contributed by atoms with Gasteiger partial charge in [0.2, 0.25) is 0 Å². The quantitative estimate of drug-likeness (QED) is 0.672. The van der Waals surface area contributed by atoms with Crippen molar-refractivity contribution in [2.24, 2.45) is 5.92 Å². The average Bonchev–Trinajstić information content (AvgIpc) is 2.55. The molecule has 1 nitrogen and oxygen atoms in total. The minimum Gasteiger partial charge on any atom is -0.299 e. The molecule has 3 unspecified atom stereocenters. The number of thioether (sulfide) groups is 1. The lowest BCUT2D eigenvalue weighted by molar-refractivity contribution is 0.260. The summed E-state index contributed by atoms with van der Waals surface area (Å²) in [5.41, 5.74) is 0. The number of hydrogen-bond donors (Lipinski definition) is 0. The van der Waals surface area contributed by atoms with Crippen molar-refractivity contribution >= 4 is 11.8 Å². The monoisotopic (exact) mass is 199 g/mol. The van der Waals surface area contributed by atoms with Crippen LogP contribution in [0.15, 0.2) is 0 Å². The fraction of sp³-hybridized carbons (Fsp3) is 1.00. The van der Waals surface area contributed by atoms with Crippen molar-refractivity contribution in [1.29, 1.82) is 0 Å². The molecule has 0 radical (unpaired) electrons. The van der Waals surface area contributed by atoms with E-state index in [1.807, 2.05) is 0 Å². The molecule has 0 aromatic rings. The van der Waals surface area contributed by atoms with Crippen molar-refractivity contribution in [3.8, 4) is 0 Å². The Balaban J connectivity index is 2.05. The van der Waals surface area contributed by atoms with Crippen LogP contribution >= 0.6 is 11.8 Å². The predicted molar refractivity (Wildman–Crippen MR) is 60.3 cm³/mol. The first-order valence-electron chi connectivity index (χ1n) is 5.72. The summed E-state index contributed by atoms with van der Waals surface area (Å²) in [6.07, 6.45) is 4.30. The molecule has 2 heterocycles. The van der Waals surface area contributed by atoms with E-state index in [0.29, 0.717) is 0 Å². The summed E-state index contributed by atoms with van der Waals surface area (Å²) >= 11 is 2.24. The van der Waals surface area contributed by atoms with Crippen LogP contribution < -0.4 is 0 Å². The zero-order chi connectivity index (χ0) is 9.26. The van der Waals surface area contributed by atoms with Crippen LogP contribution in [0.3, 0.4) is 0 Å². The molecular formula is C11H21NS. The molecule has 0 amide bonds. The molecule has 2 saturated heterocycles. The summed E-state index contributed by atoms with van der Waals surface area (Å²) < 4.78 is 0. The minimum absolute atomic E-state index is 0.889. The molecule has 3 atom stereocenters. The van der Waals surface area contributed by atoms with E-state index in [9.17, 15) is 0 Å². The Hall–Kier alpha value is 0.310. The van der Waals surface area contributed by atoms with E-state index in [-0.39, 0.29) is 0 Å². The van der Waals surface area contributed by atoms with Crippen LogP contribution in [0.4, 0.5) is 0 Å². The molecule has 2 rings (SSSR count). The van der Waals surface area contributed by atoms with Crippen molar-refractivity contribution in [2.75, 3.05) is 18.8 Å². The molecule has 2 aliphatic heterocycles. The Morgan fingerprint density at radius 2 is 2.23 bits per heavy atom. The molecule has 2 aliphatic rings. The number of fused-ring (bicyclic) bond motifs is 1. The van der Waals surface area contributed by atoms with Gasteiger partial charge in [-0.3, -0.25) is 4.90 Å². The average molecular weight is 199 g/mol. The van der Waals surface area contributed by atoms with Gasteiger partial charge in [-0.15, -0.1) is 0 Å². The zero-order valence-electron chi connectivity index (χ0n) is 8.83. The molecule has 0 bridgehead atoms. The Morgan fingerprint density at radius 3 is 2.92 bits per heavy atom. The van der Waals surface area contributed by atoms with Gasteiger partial charge in [0.15, 0.2) is 0 Å². The largest absolute Gasteiger partial charge is 0.299 e. The second-order valence-corrected chi connectivity index (χ2v) is 5.59. The van der Waals surface area contributed by atoms with Crippen molar-refractivity contribution in [1.82, 2.24) is 4.90 Å². The number of hydrogen-bond acceptors (Lipinski definition) is 2. The van der Waals surface area contributed by atoms with E-state index >= 15 is 0 Å². The van der Waals surface area contributed by atoms with Crippen LogP contribution in [0.25, 0.3) is 0 Å². The predicted octanol–water partition coefficient (Wildman–Crippen LogP) is 2.61. The van der Waals surface area contributed by atoms with Crippen LogP contribution in [0.5, 0.6) is 0 Å². The van der Waals surface area contributed by atoms with E-state index < -0.39 is 0 Å². The van der Waals surface area contributed by atoms with E-state index in [1.165, 1.54) is 38.1 Å². The normalized spacial score (nSPS) is 40.6. The number of likely N-dealkylation sites (tertiary alicyclic amines) is 1. The highest BCUT2D eigenvalue weighted by molar-refractivity contribution is 8.00. The topological polar surface area (TPSA) is 3.24 Å². The van der Waals surface area contributed by atoms with Crippen LogP contribution in [-0.2, 0) is 0 Å². The molecule has 13 heavy (non-hydrogen) atoms. The lowest BCUT2D eigenvalue weighted by atomic mass is 9.98. The third kappa shape index (κ3) is 1.75. The molecule has 2 fully saturated rings. The maximum Gasteiger partial charge on any atom is 0.0243 e. The number of rotatable bonds is 2. The van der Waals surface area contributed by atoms with E-state index in [4.69, 9.17) is 0 Å². The van der Waals surface area contributed by atoms with Crippen LogP contribution in [-0.4, -0.2) is 35.0 Å². The first kappa shape index (κ1) is 9.85. The molecule has 76 valence electrons. The van der Waals surface area contributed by atoms with Gasteiger partial charge >= 0.3 is 0 Å². The van der Waals surface area contributed by atoms with Crippen molar-refractivity contribution < 1.29 is 0 Å². The van der Waals surface area contributed by atoms with Gasteiger partial charge in [0.05, 0.1) is 0 Å². The van der Waals surface area contributed by atoms with E-state index in [1.54, 1.807) is 0 Å². The second-order valence-electron chi connectivity index (χ2n) is 4.30. The summed E-state index contributed by atoms with van der Waals surface area (Å²) in [5, 5.41) is 0.971. The van der Waals surface area contributed by atoms with Gasteiger partial charge in [0, 0.05) is 17.8 Å². The zero-order valence-corrected chi connectivity index (χ0v) is 9.65. The fourth-order valence-electron chi connectivity index (χ4n) is 2.98. The molecular weight excluding hydrogens is 178 g/mol. The number of nitrogens with zero attached hydrogens (tertiary/aromatic N) is 1. The van der Waals surface area contributed by atoms with Gasteiger partial charge in [-0.05, 0) is 37.5 Å². The van der Waals surface area contributed by atoms with Crippen LogP contribution in [0.2, 0.25) is 0 Å². The van der Waals surface area contributed by atoms with E-state index in [2.05, 4.69) is 30.5 Å². The van der Waals surface area contributed by atoms with Gasteiger partial charge in [-0.25, -0.2) is 0 Å². The summed E-state index contributed by atoms with van der Waals surface area (Å²) in [6, 6.07) is 0.889. The summed E-state index contributed by atoms with van der Waals surface area (Å²) in [6.45, 7) is 7.30. The molecule has 0 aromatic heterocycles. The molecule has 2 heteroatoms. The lowest BCUT2D eigenvalue weighted by Crippen LogP contribution is -2.34. The highest BCUT2D eigenvalue weighted by atomic mass is 32.2. The Bertz CT molecular complexity index is 167. The molecule has 0 spiro atoms. The molecule has 0 saturated carbocycles. The standard InChI is InChI=1S/C11H21NS/c1-3-10-11-9(6-5-7-13-11)8-12(10)4-2/h9-11H,3-8H2,1-2H3. The van der Waals surface area contributed by atoms with Gasteiger partial charge in [0.25, 0.3) is 0 Å². The summed E-state index contributed by atoms with van der Waals surface area (Å²) in [7, 11) is 0. The minimum atomic E-state index is 0.889. The van der Waals surface area contributed by atoms with Crippen LogP contribution in [0, 0.1) is 5.92 Å². The van der Waals surface area contributed by atoms with Crippen molar-refractivity contribution in [3.63, 3.8) is 0 Å². The van der Waals surface area contributed by atoms with Crippen molar-refractivity contribution in [3.05, 3.63) is 0 Å². The van der Waals surface area contributed by atoms with Gasteiger partial charge < -0.3 is 0 Å². The van der Waals surface area contributed by atoms with Gasteiger partial charge in [-0.1, -0.05) is 13.8 Å². The van der Waals surface area contributed by atoms with Gasteiger partial charge in [-0.2, -0.15) is 11.8 Å². The molecule has 0 aromatic carbocycles. The van der Waals surface area contributed by atoms with E-state index in [0.717, 1.165) is 17.2 Å². The third-order valence-corrected chi connectivity index (χ3v) is 5.24. The summed E-state index contributed by atoms with van der Waals surface area (Å²) in [5.74, 6) is 2.43. The maximum atomic E-state index is 2.70. The maximum absolute atomic E-state index is 2.70.